The van der Waals surface area contributed by atoms with E-state index < -0.39 is 81.4 Å². The van der Waals surface area contributed by atoms with Gasteiger partial charge in [0.05, 0.1) is 29.3 Å². The number of alkyl halides is 6. The van der Waals surface area contributed by atoms with Crippen LogP contribution < -0.4 is 9.62 Å². The highest BCUT2D eigenvalue weighted by Gasteiger charge is 2.71. The van der Waals surface area contributed by atoms with Gasteiger partial charge < -0.3 is 20.6 Å². The molecule has 3 atom stereocenters. The maximum Gasteiger partial charge on any atom is 0.430 e. The number of fused-ring (bicyclic) bond motifs is 1. The second-order valence-electron chi connectivity index (χ2n) is 10.4. The fraction of sp³-hybridized carbons (Fsp3) is 0.345. The summed E-state index contributed by atoms with van der Waals surface area (Å²) in [7, 11) is -4.70. The first kappa shape index (κ1) is 34.1. The van der Waals surface area contributed by atoms with Gasteiger partial charge in [0, 0.05) is 12.0 Å². The Balaban J connectivity index is 1.73. The Kier molecular flexibility index (Phi) is 9.54. The second-order valence-corrected chi connectivity index (χ2v) is 12.2. The normalized spacial score (nSPS) is 17.4. The summed E-state index contributed by atoms with van der Waals surface area (Å²) in [6.45, 7) is -0.711. The van der Waals surface area contributed by atoms with E-state index in [0.717, 1.165) is 24.3 Å². The molecule has 244 valence electrons. The molecular weight excluding hydrogens is 637 g/mol. The van der Waals surface area contributed by atoms with Crippen LogP contribution in [0.1, 0.15) is 35.6 Å². The zero-order valence-electron chi connectivity index (χ0n) is 23.1. The maximum absolute atomic E-state index is 13.8. The molecule has 16 heteroatoms. The standard InChI is InChI=1S/C29H27F7N2O6S/c30-20-8-11-22(12-9-20)45(43,44)38-21(15-25(40)37-23(16-39)26(41)17-4-2-1-3-5-17)10-6-18-14-19(7-13-24(18)38)27(42,28(31,32)33)29(34,35)36/h1-5,7-9,11-14,21,23,26,39,41-42H,6,10,15-16H2,(H,37,40). The zero-order valence-corrected chi connectivity index (χ0v) is 23.9. The van der Waals surface area contributed by atoms with Crippen molar-refractivity contribution in [3.8, 4) is 0 Å². The summed E-state index contributed by atoms with van der Waals surface area (Å²) in [4.78, 5) is 12.6. The van der Waals surface area contributed by atoms with Gasteiger partial charge in [-0.05, 0) is 54.3 Å². The van der Waals surface area contributed by atoms with Gasteiger partial charge in [-0.2, -0.15) is 26.3 Å². The van der Waals surface area contributed by atoms with Crippen LogP contribution in [0.4, 0.5) is 36.4 Å². The van der Waals surface area contributed by atoms with Gasteiger partial charge in [0.1, 0.15) is 11.9 Å². The first-order valence-corrected chi connectivity index (χ1v) is 14.8. The molecule has 0 saturated carbocycles. The van der Waals surface area contributed by atoms with Gasteiger partial charge >= 0.3 is 12.4 Å². The minimum atomic E-state index is -6.18. The fourth-order valence-corrected chi connectivity index (χ4v) is 6.88. The molecule has 3 aromatic rings. The molecule has 1 heterocycles. The molecule has 0 bridgehead atoms. The highest BCUT2D eigenvalue weighted by atomic mass is 32.2. The molecule has 0 aliphatic carbocycles. The summed E-state index contributed by atoms with van der Waals surface area (Å²) in [6.07, 6.45) is -14.9. The number of rotatable bonds is 9. The average molecular weight is 665 g/mol. The molecule has 1 aliphatic heterocycles. The topological polar surface area (TPSA) is 127 Å². The van der Waals surface area contributed by atoms with Crippen LogP contribution in [-0.4, -0.2) is 60.7 Å². The van der Waals surface area contributed by atoms with Crippen LogP contribution in [0.2, 0.25) is 0 Å². The molecule has 1 aliphatic rings. The monoisotopic (exact) mass is 664 g/mol. The number of aliphatic hydroxyl groups is 3. The average Bonchev–Trinajstić information content (AvgIpc) is 2.98. The van der Waals surface area contributed by atoms with E-state index in [1.165, 1.54) is 0 Å². The number of halogens is 7. The summed E-state index contributed by atoms with van der Waals surface area (Å²) in [6, 6.07) is 10.3. The number of anilines is 1. The van der Waals surface area contributed by atoms with Gasteiger partial charge in [0.2, 0.25) is 5.91 Å². The van der Waals surface area contributed by atoms with Gasteiger partial charge in [0.15, 0.2) is 0 Å². The molecular formula is C29H27F7N2O6S. The van der Waals surface area contributed by atoms with Gasteiger partial charge in [-0.1, -0.05) is 42.5 Å². The highest BCUT2D eigenvalue weighted by molar-refractivity contribution is 7.92. The molecule has 8 nitrogen and oxygen atoms in total. The van der Waals surface area contributed by atoms with Crippen molar-refractivity contribution < 1.29 is 59.3 Å². The predicted octanol–water partition coefficient (Wildman–Crippen LogP) is 4.25. The lowest BCUT2D eigenvalue weighted by Gasteiger charge is -2.39. The van der Waals surface area contributed by atoms with Crippen LogP contribution in [0.3, 0.4) is 0 Å². The van der Waals surface area contributed by atoms with E-state index in [1.807, 2.05) is 0 Å². The Bertz CT molecular complexity index is 1600. The lowest BCUT2D eigenvalue weighted by molar-refractivity contribution is -0.376. The second kappa shape index (κ2) is 12.6. The molecule has 0 saturated heterocycles. The number of aryl methyl sites for hydroxylation is 1. The number of hydrogen-bond acceptors (Lipinski definition) is 6. The molecule has 0 fully saturated rings. The number of sulfonamides is 1. The van der Waals surface area contributed by atoms with Crippen molar-refractivity contribution >= 4 is 21.6 Å². The highest BCUT2D eigenvalue weighted by Crippen LogP contribution is 2.51. The lowest BCUT2D eigenvalue weighted by Crippen LogP contribution is -2.54. The molecule has 3 unspecified atom stereocenters. The minimum Gasteiger partial charge on any atom is -0.394 e. The van der Waals surface area contributed by atoms with Crippen LogP contribution in [-0.2, 0) is 26.8 Å². The van der Waals surface area contributed by atoms with Crippen molar-refractivity contribution in [1.82, 2.24) is 5.32 Å². The van der Waals surface area contributed by atoms with E-state index in [4.69, 9.17) is 0 Å². The van der Waals surface area contributed by atoms with Crippen LogP contribution in [0.25, 0.3) is 0 Å². The summed E-state index contributed by atoms with van der Waals surface area (Å²) in [5.41, 5.74) is -7.14. The molecule has 3 aromatic carbocycles. The predicted molar refractivity (Wildman–Crippen MR) is 146 cm³/mol. The van der Waals surface area contributed by atoms with Crippen molar-refractivity contribution in [3.05, 3.63) is 95.3 Å². The number of aliphatic hydroxyl groups excluding tert-OH is 2. The number of hydrogen-bond donors (Lipinski definition) is 4. The number of carbonyl (C=O) groups excluding carboxylic acids is 1. The minimum absolute atomic E-state index is 0.272. The van der Waals surface area contributed by atoms with E-state index in [9.17, 15) is 59.3 Å². The van der Waals surface area contributed by atoms with Crippen molar-refractivity contribution in [2.24, 2.45) is 0 Å². The van der Waals surface area contributed by atoms with Gasteiger partial charge in [-0.3, -0.25) is 9.10 Å². The Morgan fingerprint density at radius 1 is 0.956 bits per heavy atom. The first-order chi connectivity index (χ1) is 20.9. The largest absolute Gasteiger partial charge is 0.430 e. The van der Waals surface area contributed by atoms with Crippen LogP contribution in [0.5, 0.6) is 0 Å². The maximum atomic E-state index is 13.8. The summed E-state index contributed by atoms with van der Waals surface area (Å²) in [5, 5.41) is 32.7. The number of benzene rings is 3. The molecule has 4 rings (SSSR count). The van der Waals surface area contributed by atoms with E-state index >= 15 is 0 Å². The van der Waals surface area contributed by atoms with Gasteiger partial charge in [-0.25, -0.2) is 12.8 Å². The Hall–Kier alpha value is -3.73. The molecule has 0 spiro atoms. The van der Waals surface area contributed by atoms with E-state index in [0.29, 0.717) is 28.1 Å². The van der Waals surface area contributed by atoms with E-state index in [-0.39, 0.29) is 24.1 Å². The fourth-order valence-electron chi connectivity index (χ4n) is 5.17. The van der Waals surface area contributed by atoms with Crippen molar-refractivity contribution in [1.29, 1.82) is 0 Å². The molecule has 45 heavy (non-hydrogen) atoms. The van der Waals surface area contributed by atoms with Crippen LogP contribution in [0.15, 0.2) is 77.7 Å². The number of carbonyl (C=O) groups is 1. The Morgan fingerprint density at radius 2 is 1.56 bits per heavy atom. The van der Waals surface area contributed by atoms with Gasteiger partial charge in [-0.15, -0.1) is 0 Å². The molecule has 4 N–H and O–H groups in total. The van der Waals surface area contributed by atoms with Gasteiger partial charge in [0.25, 0.3) is 15.6 Å². The smallest absolute Gasteiger partial charge is 0.394 e. The summed E-state index contributed by atoms with van der Waals surface area (Å²) >= 11 is 0. The Morgan fingerprint density at radius 3 is 2.11 bits per heavy atom. The SMILES string of the molecule is O=C(CC1CCc2cc(C(O)(C(F)(F)F)C(F)(F)F)ccc2N1S(=O)(=O)c1ccc(F)cc1)NC(CO)C(O)c1ccccc1. The molecule has 0 radical (unpaired) electrons. The lowest BCUT2D eigenvalue weighted by atomic mass is 9.87. The molecule has 0 aromatic heterocycles. The van der Waals surface area contributed by atoms with Crippen molar-refractivity contribution in [2.45, 2.75) is 60.3 Å². The van der Waals surface area contributed by atoms with Crippen LogP contribution in [0, 0.1) is 5.82 Å². The van der Waals surface area contributed by atoms with Crippen molar-refractivity contribution in [3.63, 3.8) is 0 Å². The third-order valence-corrected chi connectivity index (χ3v) is 9.37. The zero-order chi connectivity index (χ0) is 33.4. The quantitative estimate of drug-likeness (QED) is 0.254. The number of nitrogens with one attached hydrogen (secondary N) is 1. The Labute approximate surface area is 252 Å². The first-order valence-electron chi connectivity index (χ1n) is 13.3. The van der Waals surface area contributed by atoms with E-state index in [1.54, 1.807) is 30.3 Å². The van der Waals surface area contributed by atoms with Crippen molar-refractivity contribution in [2.75, 3.05) is 10.9 Å². The third-order valence-electron chi connectivity index (χ3n) is 7.49. The summed E-state index contributed by atoms with van der Waals surface area (Å²) < 4.78 is 123. The van der Waals surface area contributed by atoms with E-state index in [2.05, 4.69) is 5.32 Å². The number of nitrogens with zero attached hydrogens (tertiary/aromatic N) is 1. The number of amides is 1. The molecule has 1 amide bonds. The third kappa shape index (κ3) is 6.64. The summed E-state index contributed by atoms with van der Waals surface area (Å²) in [5.74, 6) is -1.63. The van der Waals surface area contributed by atoms with Crippen LogP contribution >= 0.6 is 0 Å².